The fourth-order valence-electron chi connectivity index (χ4n) is 1.27. The molecule has 2 aliphatic heterocycles. The average molecular weight is 182 g/mol. The Kier molecular flexibility index (Phi) is 1.46. The van der Waals surface area contributed by atoms with E-state index in [1.807, 2.05) is 0 Å². The molecule has 2 aliphatic rings. The lowest BCUT2D eigenvalue weighted by atomic mass is 10.4. The van der Waals surface area contributed by atoms with Gasteiger partial charge in [-0.2, -0.15) is 0 Å². The van der Waals surface area contributed by atoms with Crippen LogP contribution in [0, 0.1) is 0 Å². The summed E-state index contributed by atoms with van der Waals surface area (Å²) in [5, 5.41) is 0. The van der Waals surface area contributed by atoms with Gasteiger partial charge in [-0.1, -0.05) is 0 Å². The highest BCUT2D eigenvalue weighted by Crippen LogP contribution is 2.80. The van der Waals surface area contributed by atoms with Crippen molar-refractivity contribution in [2.24, 2.45) is 0 Å². The standard InChI is InChI=1S/C4H8O4P2/c5-10(6,7)9-2-1-3-4(9)8-3/h3-4H,1-2H2,(H2,5,6,7). The van der Waals surface area contributed by atoms with Gasteiger partial charge in [0.05, 0.1) is 6.10 Å². The summed E-state index contributed by atoms with van der Waals surface area (Å²) in [4.78, 5) is 17.5. The van der Waals surface area contributed by atoms with Gasteiger partial charge >= 0.3 is 7.28 Å². The Labute approximate surface area is 59.4 Å². The number of ether oxygens (including phenoxy) is 1. The van der Waals surface area contributed by atoms with Crippen molar-refractivity contribution in [2.45, 2.75) is 18.4 Å². The van der Waals surface area contributed by atoms with Gasteiger partial charge in [-0.15, -0.1) is 0 Å². The third-order valence-corrected chi connectivity index (χ3v) is 7.54. The molecule has 0 aromatic heterocycles. The Balaban J connectivity index is 2.12. The van der Waals surface area contributed by atoms with Crippen molar-refractivity contribution < 1.29 is 19.1 Å². The zero-order valence-corrected chi connectivity index (χ0v) is 6.96. The van der Waals surface area contributed by atoms with Crippen molar-refractivity contribution in [1.29, 1.82) is 0 Å². The largest absolute Gasteiger partial charge is 0.364 e. The normalized spacial score (nSPS) is 45.2. The monoisotopic (exact) mass is 182 g/mol. The van der Waals surface area contributed by atoms with E-state index in [-0.39, 0.29) is 11.9 Å². The highest BCUT2D eigenvalue weighted by Gasteiger charge is 2.56. The lowest BCUT2D eigenvalue weighted by molar-refractivity contribution is 0.379. The third kappa shape index (κ3) is 1.05. The molecule has 0 aliphatic carbocycles. The summed E-state index contributed by atoms with van der Waals surface area (Å²) in [6.45, 7) is 0. The van der Waals surface area contributed by atoms with E-state index in [1.165, 1.54) is 0 Å². The maximum atomic E-state index is 10.7. The number of rotatable bonds is 1. The molecule has 0 aromatic carbocycles. The molecule has 0 saturated carbocycles. The van der Waals surface area contributed by atoms with Crippen LogP contribution in [0.25, 0.3) is 0 Å². The molecular weight excluding hydrogens is 174 g/mol. The van der Waals surface area contributed by atoms with Crippen molar-refractivity contribution in [3.05, 3.63) is 0 Å². The molecule has 0 bridgehead atoms. The van der Waals surface area contributed by atoms with Gasteiger partial charge in [0.25, 0.3) is 0 Å². The second-order valence-electron chi connectivity index (χ2n) is 2.53. The van der Waals surface area contributed by atoms with Gasteiger partial charge in [0.1, 0.15) is 5.85 Å². The van der Waals surface area contributed by atoms with Crippen LogP contribution < -0.4 is 0 Å². The van der Waals surface area contributed by atoms with Crippen molar-refractivity contribution >= 4 is 14.9 Å². The second kappa shape index (κ2) is 2.02. The van der Waals surface area contributed by atoms with Crippen LogP contribution in [0.1, 0.15) is 6.42 Å². The first-order valence-electron chi connectivity index (χ1n) is 3.07. The van der Waals surface area contributed by atoms with Crippen molar-refractivity contribution in [2.75, 3.05) is 6.16 Å². The molecular formula is C4H8O4P2. The second-order valence-corrected chi connectivity index (χ2v) is 8.50. The van der Waals surface area contributed by atoms with Gasteiger partial charge in [0, 0.05) is 7.61 Å². The van der Waals surface area contributed by atoms with Crippen LogP contribution in [-0.2, 0) is 9.30 Å². The fraction of sp³-hybridized carbons (Fsp3) is 1.00. The van der Waals surface area contributed by atoms with E-state index in [0.717, 1.165) is 6.42 Å². The highest BCUT2D eigenvalue weighted by atomic mass is 32.1. The summed E-state index contributed by atoms with van der Waals surface area (Å²) >= 11 is 0. The zero-order valence-electron chi connectivity index (χ0n) is 5.17. The van der Waals surface area contributed by atoms with Gasteiger partial charge in [0.15, 0.2) is 0 Å². The molecule has 3 atom stereocenters. The van der Waals surface area contributed by atoms with E-state index < -0.39 is 14.9 Å². The minimum absolute atomic E-state index is 0.0594. The maximum Gasteiger partial charge on any atom is 0.346 e. The van der Waals surface area contributed by atoms with Crippen molar-refractivity contribution in [1.82, 2.24) is 0 Å². The average Bonchev–Trinajstić information content (AvgIpc) is 2.40. The molecule has 0 amide bonds. The Morgan fingerprint density at radius 2 is 2.30 bits per heavy atom. The number of hydrogen-bond donors (Lipinski definition) is 2. The number of fused-ring (bicyclic) bond motifs is 1. The van der Waals surface area contributed by atoms with Crippen LogP contribution in [0.15, 0.2) is 0 Å². The highest BCUT2D eigenvalue weighted by molar-refractivity contribution is 8.28. The fourth-order valence-corrected chi connectivity index (χ4v) is 6.06. The minimum Gasteiger partial charge on any atom is -0.364 e. The Morgan fingerprint density at radius 3 is 2.50 bits per heavy atom. The van der Waals surface area contributed by atoms with Gasteiger partial charge < -0.3 is 14.5 Å². The Morgan fingerprint density at radius 1 is 1.60 bits per heavy atom. The molecule has 6 heteroatoms. The summed E-state index contributed by atoms with van der Waals surface area (Å²) in [6, 6.07) is 0. The lowest BCUT2D eigenvalue weighted by Crippen LogP contribution is -1.84. The van der Waals surface area contributed by atoms with Crippen LogP contribution in [0.5, 0.6) is 0 Å². The quantitative estimate of drug-likeness (QED) is 0.462. The third-order valence-electron chi connectivity index (χ3n) is 1.83. The van der Waals surface area contributed by atoms with Crippen molar-refractivity contribution in [3.63, 3.8) is 0 Å². The first kappa shape index (κ1) is 7.20. The maximum absolute atomic E-state index is 10.7. The molecule has 0 radical (unpaired) electrons. The first-order valence-corrected chi connectivity index (χ1v) is 6.98. The smallest absolute Gasteiger partial charge is 0.346 e. The molecule has 2 N–H and O–H groups in total. The Hall–Kier alpha value is 0.540. The molecule has 2 heterocycles. The van der Waals surface area contributed by atoms with E-state index in [9.17, 15) is 4.57 Å². The summed E-state index contributed by atoms with van der Waals surface area (Å²) in [7, 11) is -4.92. The summed E-state index contributed by atoms with van der Waals surface area (Å²) in [5.41, 5.74) is 0. The van der Waals surface area contributed by atoms with Crippen molar-refractivity contribution in [3.8, 4) is 0 Å². The molecule has 2 saturated heterocycles. The molecule has 10 heavy (non-hydrogen) atoms. The topological polar surface area (TPSA) is 70.1 Å². The zero-order chi connectivity index (χ0) is 7.35. The summed E-state index contributed by atoms with van der Waals surface area (Å²) in [6.07, 6.45) is 1.73. The lowest BCUT2D eigenvalue weighted by Gasteiger charge is -2.11. The van der Waals surface area contributed by atoms with E-state index in [4.69, 9.17) is 14.5 Å². The number of epoxide rings is 1. The van der Waals surface area contributed by atoms with Crippen LogP contribution in [-0.4, -0.2) is 27.9 Å². The van der Waals surface area contributed by atoms with Gasteiger partial charge in [-0.3, -0.25) is 4.57 Å². The van der Waals surface area contributed by atoms with Gasteiger partial charge in [0.2, 0.25) is 0 Å². The summed E-state index contributed by atoms with van der Waals surface area (Å²) in [5.74, 6) is -0.0594. The molecule has 4 nitrogen and oxygen atoms in total. The predicted octanol–water partition coefficient (Wildman–Crippen LogP) is 0.690. The number of hydrogen-bond acceptors (Lipinski definition) is 2. The van der Waals surface area contributed by atoms with E-state index in [0.29, 0.717) is 6.16 Å². The predicted molar refractivity (Wildman–Crippen MR) is 37.1 cm³/mol. The first-order chi connectivity index (χ1) is 4.59. The van der Waals surface area contributed by atoms with Crippen LogP contribution >= 0.6 is 14.9 Å². The Bertz CT molecular complexity index is 199. The van der Waals surface area contributed by atoms with Crippen LogP contribution in [0.2, 0.25) is 0 Å². The van der Waals surface area contributed by atoms with E-state index in [2.05, 4.69) is 0 Å². The summed E-state index contributed by atoms with van der Waals surface area (Å²) < 4.78 is 15.7. The van der Waals surface area contributed by atoms with E-state index >= 15 is 0 Å². The molecule has 0 spiro atoms. The van der Waals surface area contributed by atoms with E-state index in [1.54, 1.807) is 0 Å². The molecule has 58 valence electrons. The van der Waals surface area contributed by atoms with Gasteiger partial charge in [-0.05, 0) is 12.6 Å². The molecule has 2 rings (SSSR count). The van der Waals surface area contributed by atoms with Crippen LogP contribution in [0.4, 0.5) is 0 Å². The molecule has 2 fully saturated rings. The molecule has 0 aromatic rings. The van der Waals surface area contributed by atoms with Crippen LogP contribution in [0.3, 0.4) is 0 Å². The minimum atomic E-state index is -3.79. The molecule has 3 unspecified atom stereocenters. The SMILES string of the molecule is O=P(O)(O)P1CCC2OC21. The van der Waals surface area contributed by atoms with Gasteiger partial charge in [-0.25, -0.2) is 0 Å².